The van der Waals surface area contributed by atoms with E-state index in [1.54, 1.807) is 7.05 Å². The van der Waals surface area contributed by atoms with E-state index in [0.717, 1.165) is 44.1 Å². The lowest BCUT2D eigenvalue weighted by atomic mass is 10.1. The Bertz CT molecular complexity index is 700. The van der Waals surface area contributed by atoms with Crippen LogP contribution in [0.2, 0.25) is 5.02 Å². The Kier molecular flexibility index (Phi) is 7.90. The predicted octanol–water partition coefficient (Wildman–Crippen LogP) is 2.68. The number of hydrogen-bond donors (Lipinski definition) is 1. The van der Waals surface area contributed by atoms with Gasteiger partial charge in [0.05, 0.1) is 17.7 Å². The van der Waals surface area contributed by atoms with Gasteiger partial charge in [-0.1, -0.05) is 11.6 Å². The molecule has 1 N–H and O–H groups in total. The summed E-state index contributed by atoms with van der Waals surface area (Å²) in [6.45, 7) is 4.78. The number of nitrogens with one attached hydrogen (secondary N) is 1. The van der Waals surface area contributed by atoms with Gasteiger partial charge in [-0.3, -0.25) is 4.99 Å². The van der Waals surface area contributed by atoms with Gasteiger partial charge < -0.3 is 29.2 Å². The molecule has 28 heavy (non-hydrogen) atoms. The van der Waals surface area contributed by atoms with E-state index in [4.69, 9.17) is 30.5 Å². The van der Waals surface area contributed by atoms with E-state index in [9.17, 15) is 0 Å². The molecule has 2 atom stereocenters. The van der Waals surface area contributed by atoms with Gasteiger partial charge in [0, 0.05) is 33.3 Å². The monoisotopic (exact) mass is 523 g/mol. The summed E-state index contributed by atoms with van der Waals surface area (Å²) in [4.78, 5) is 6.68. The van der Waals surface area contributed by atoms with Gasteiger partial charge in [0.25, 0.3) is 0 Å². The van der Waals surface area contributed by atoms with Crippen molar-refractivity contribution in [2.45, 2.75) is 31.6 Å². The first kappa shape index (κ1) is 21.7. The van der Waals surface area contributed by atoms with Crippen molar-refractivity contribution in [3.8, 4) is 11.5 Å². The first-order chi connectivity index (χ1) is 13.2. The molecule has 0 spiro atoms. The first-order valence-electron chi connectivity index (χ1n) is 9.51. The van der Waals surface area contributed by atoms with E-state index in [1.807, 2.05) is 12.1 Å². The smallest absolute Gasteiger partial charge is 0.194 e. The molecule has 3 heterocycles. The van der Waals surface area contributed by atoms with E-state index in [2.05, 4.69) is 15.2 Å². The lowest BCUT2D eigenvalue weighted by molar-refractivity contribution is -0.0817. The maximum atomic E-state index is 6.33. The fourth-order valence-corrected chi connectivity index (χ4v) is 4.06. The number of fused-ring (bicyclic) bond motifs is 1. The third kappa shape index (κ3) is 4.95. The van der Waals surface area contributed by atoms with Gasteiger partial charge in [-0.15, -0.1) is 24.0 Å². The summed E-state index contributed by atoms with van der Waals surface area (Å²) in [5.74, 6) is 2.18. The minimum absolute atomic E-state index is 0. The molecule has 0 amide bonds. The Labute approximate surface area is 187 Å². The molecular weight excluding hydrogens is 497 g/mol. The van der Waals surface area contributed by atoms with Crippen LogP contribution in [0.4, 0.5) is 0 Å². The zero-order valence-electron chi connectivity index (χ0n) is 16.0. The van der Waals surface area contributed by atoms with Crippen LogP contribution in [0.3, 0.4) is 0 Å². The van der Waals surface area contributed by atoms with Crippen molar-refractivity contribution in [1.29, 1.82) is 0 Å². The van der Waals surface area contributed by atoms with Crippen molar-refractivity contribution in [1.82, 2.24) is 10.2 Å². The highest BCUT2D eigenvalue weighted by molar-refractivity contribution is 14.0. The van der Waals surface area contributed by atoms with Crippen LogP contribution < -0.4 is 14.8 Å². The molecule has 3 aliphatic rings. The van der Waals surface area contributed by atoms with Crippen molar-refractivity contribution >= 4 is 41.5 Å². The van der Waals surface area contributed by atoms with Crippen molar-refractivity contribution in [2.75, 3.05) is 46.6 Å². The van der Waals surface area contributed by atoms with Gasteiger partial charge in [0.1, 0.15) is 19.3 Å². The predicted molar refractivity (Wildman–Crippen MR) is 118 cm³/mol. The van der Waals surface area contributed by atoms with Crippen molar-refractivity contribution in [3.63, 3.8) is 0 Å². The lowest BCUT2D eigenvalue weighted by Crippen LogP contribution is -2.53. The summed E-state index contributed by atoms with van der Waals surface area (Å²) in [5, 5.41) is 4.00. The molecule has 9 heteroatoms. The Morgan fingerprint density at radius 1 is 1.18 bits per heavy atom. The third-order valence-electron chi connectivity index (χ3n) is 5.09. The number of halogens is 2. The van der Waals surface area contributed by atoms with Gasteiger partial charge in [-0.25, -0.2) is 0 Å². The van der Waals surface area contributed by atoms with E-state index >= 15 is 0 Å². The quantitative estimate of drug-likeness (QED) is 0.373. The molecule has 0 aliphatic carbocycles. The zero-order valence-corrected chi connectivity index (χ0v) is 19.1. The molecule has 0 aromatic heterocycles. The summed E-state index contributed by atoms with van der Waals surface area (Å²) < 4.78 is 23.0. The number of benzene rings is 1. The average molecular weight is 524 g/mol. The second-order valence-corrected chi connectivity index (χ2v) is 7.32. The molecule has 1 aromatic carbocycles. The first-order valence-corrected chi connectivity index (χ1v) is 9.89. The molecule has 3 aliphatic heterocycles. The second kappa shape index (κ2) is 10.2. The third-order valence-corrected chi connectivity index (χ3v) is 5.37. The average Bonchev–Trinajstić information content (AvgIpc) is 3.24. The minimum Gasteiger partial charge on any atom is -0.486 e. The number of morpholine rings is 1. The van der Waals surface area contributed by atoms with Crippen molar-refractivity contribution in [3.05, 3.63) is 22.7 Å². The normalized spacial score (nSPS) is 24.6. The maximum absolute atomic E-state index is 6.33. The molecule has 2 fully saturated rings. The van der Waals surface area contributed by atoms with Gasteiger partial charge >= 0.3 is 0 Å². The highest BCUT2D eigenvalue weighted by Crippen LogP contribution is 2.38. The van der Waals surface area contributed by atoms with Gasteiger partial charge in [-0.05, 0) is 30.5 Å². The summed E-state index contributed by atoms with van der Waals surface area (Å²) in [5.41, 5.74) is 1.02. The van der Waals surface area contributed by atoms with Crippen LogP contribution >= 0.6 is 35.6 Å². The molecule has 7 nitrogen and oxygen atoms in total. The number of rotatable bonds is 3. The molecule has 2 unspecified atom stereocenters. The summed E-state index contributed by atoms with van der Waals surface area (Å²) in [6, 6.07) is 3.87. The van der Waals surface area contributed by atoms with Gasteiger partial charge in [-0.2, -0.15) is 0 Å². The van der Waals surface area contributed by atoms with Crippen LogP contribution in [0.25, 0.3) is 0 Å². The summed E-state index contributed by atoms with van der Waals surface area (Å²) in [7, 11) is 1.80. The SMILES string of the molecule is CN=C(NCc1cc(Cl)c2c(c1)OCCO2)N1CCOC(C2CCCO2)C1.I. The standard InChI is InChI=1S/C19H26ClN3O4.HI/c1-21-19(23-4-6-25-17(12-23)15-3-2-5-24-15)22-11-13-9-14(20)18-16(10-13)26-7-8-27-18;/h9-10,15,17H,2-8,11-12H2,1H3,(H,21,22);1H. The van der Waals surface area contributed by atoms with E-state index in [-0.39, 0.29) is 36.2 Å². The number of aliphatic imine (C=N–C) groups is 1. The fourth-order valence-electron chi connectivity index (χ4n) is 3.77. The van der Waals surface area contributed by atoms with E-state index in [1.165, 1.54) is 0 Å². The Hall–Kier alpha value is -0.970. The lowest BCUT2D eigenvalue weighted by Gasteiger charge is -2.37. The van der Waals surface area contributed by atoms with E-state index in [0.29, 0.717) is 42.9 Å². The summed E-state index contributed by atoms with van der Waals surface area (Å²) in [6.07, 6.45) is 2.48. The van der Waals surface area contributed by atoms with Crippen LogP contribution in [-0.4, -0.2) is 69.6 Å². The molecule has 0 bridgehead atoms. The number of nitrogens with zero attached hydrogens (tertiary/aromatic N) is 2. The van der Waals surface area contributed by atoms with Crippen molar-refractivity contribution in [2.24, 2.45) is 4.99 Å². The Morgan fingerprint density at radius 3 is 2.79 bits per heavy atom. The molecule has 156 valence electrons. The highest BCUT2D eigenvalue weighted by atomic mass is 127. The van der Waals surface area contributed by atoms with Crippen LogP contribution in [-0.2, 0) is 16.0 Å². The molecule has 0 radical (unpaired) electrons. The molecule has 2 saturated heterocycles. The maximum Gasteiger partial charge on any atom is 0.194 e. The van der Waals surface area contributed by atoms with E-state index < -0.39 is 0 Å². The molecule has 1 aromatic rings. The van der Waals surface area contributed by atoms with Crippen LogP contribution in [0.5, 0.6) is 11.5 Å². The van der Waals surface area contributed by atoms with Crippen LogP contribution in [0, 0.1) is 0 Å². The summed E-state index contributed by atoms with van der Waals surface area (Å²) >= 11 is 6.33. The van der Waals surface area contributed by atoms with Crippen LogP contribution in [0.1, 0.15) is 18.4 Å². The molecular formula is C19H27ClIN3O4. The van der Waals surface area contributed by atoms with Gasteiger partial charge in [0.15, 0.2) is 17.5 Å². The topological polar surface area (TPSA) is 64.6 Å². The highest BCUT2D eigenvalue weighted by Gasteiger charge is 2.32. The molecule has 0 saturated carbocycles. The molecule has 4 rings (SSSR count). The number of guanidine groups is 1. The number of hydrogen-bond acceptors (Lipinski definition) is 5. The minimum atomic E-state index is 0. The zero-order chi connectivity index (χ0) is 18.6. The largest absolute Gasteiger partial charge is 0.486 e. The Morgan fingerprint density at radius 2 is 2.00 bits per heavy atom. The van der Waals surface area contributed by atoms with Crippen molar-refractivity contribution < 1.29 is 18.9 Å². The Balaban J connectivity index is 0.00000225. The second-order valence-electron chi connectivity index (χ2n) is 6.91. The fraction of sp³-hybridized carbons (Fsp3) is 0.632. The van der Waals surface area contributed by atoms with Crippen LogP contribution in [0.15, 0.2) is 17.1 Å². The van der Waals surface area contributed by atoms with Gasteiger partial charge in [0.2, 0.25) is 0 Å². The number of ether oxygens (including phenoxy) is 4.